The van der Waals surface area contributed by atoms with Crippen molar-refractivity contribution in [2.45, 2.75) is 109 Å². The second-order valence-electron chi connectivity index (χ2n) is 8.91. The minimum atomic E-state index is -5.61. The van der Waals surface area contributed by atoms with Crippen molar-refractivity contribution in [2.75, 3.05) is 19.5 Å². The Kier molecular flexibility index (Phi) is 17.5. The van der Waals surface area contributed by atoms with E-state index in [2.05, 4.69) is 3.97 Å². The van der Waals surface area contributed by atoms with Gasteiger partial charge >= 0.3 is 26.8 Å². The van der Waals surface area contributed by atoms with Crippen LogP contribution in [0.15, 0.2) is 0 Å². The Hall–Kier alpha value is 0.980. The molecule has 0 aliphatic heterocycles. The SMILES string of the molecule is CCCCCCOP(=O)(OCCCCCC)OP(=O)(OS(C)(=O)=O)C(Cl)(Cl)P(=O)(OC(C)C)OC(C)C. The van der Waals surface area contributed by atoms with Gasteiger partial charge in [-0.25, -0.2) is 8.88 Å². The number of halogens is 2. The highest BCUT2D eigenvalue weighted by molar-refractivity contribution is 7.94. The van der Waals surface area contributed by atoms with Crippen LogP contribution in [0.3, 0.4) is 0 Å². The number of rotatable bonds is 22. The predicted octanol–water partition coefficient (Wildman–Crippen LogP) is 8.61. The van der Waals surface area contributed by atoms with Crippen LogP contribution in [0.4, 0.5) is 0 Å². The van der Waals surface area contributed by atoms with Gasteiger partial charge in [0, 0.05) is 0 Å². The molecule has 224 valence electrons. The Morgan fingerprint density at radius 1 is 0.730 bits per heavy atom. The summed E-state index contributed by atoms with van der Waals surface area (Å²) >= 11 is 12.6. The minimum Gasteiger partial charge on any atom is -0.303 e. The lowest BCUT2D eigenvalue weighted by atomic mass is 10.2. The average Bonchev–Trinajstić information content (AvgIpc) is 2.70. The van der Waals surface area contributed by atoms with Gasteiger partial charge in [-0.05, 0) is 40.5 Å². The largest absolute Gasteiger partial charge is 0.482 e. The summed E-state index contributed by atoms with van der Waals surface area (Å²) < 4.78 is 93.3. The summed E-state index contributed by atoms with van der Waals surface area (Å²) in [6.07, 6.45) is 4.89. The molecule has 0 fully saturated rings. The lowest BCUT2D eigenvalue weighted by molar-refractivity contribution is 0.137. The maximum atomic E-state index is 14.0. The van der Waals surface area contributed by atoms with E-state index >= 15 is 0 Å². The van der Waals surface area contributed by atoms with Gasteiger partial charge in [-0.15, -0.1) is 0 Å². The molecule has 0 saturated heterocycles. The predicted molar refractivity (Wildman–Crippen MR) is 147 cm³/mol. The monoisotopic (exact) mass is 654 g/mol. The standard InChI is InChI=1S/C20H43Cl2O11P3S/c1-8-10-12-14-16-28-36(25,29-17-15-13-11-9-2)32-35(24,33-37(7,26)27)20(21,22)34(23,30-18(3)4)31-19(5)6/h18-19H,8-17H2,1-7H3. The maximum Gasteiger partial charge on any atom is 0.482 e. The summed E-state index contributed by atoms with van der Waals surface area (Å²) in [6.45, 7) is 9.60. The molecule has 1 atom stereocenters. The molecule has 0 rings (SSSR count). The first-order chi connectivity index (χ1) is 16.9. The van der Waals surface area contributed by atoms with Crippen LogP contribution >= 0.6 is 46.2 Å². The van der Waals surface area contributed by atoms with Gasteiger partial charge in [0.1, 0.15) is 0 Å². The highest BCUT2D eigenvalue weighted by atomic mass is 35.5. The molecule has 0 aliphatic rings. The Bertz CT molecular complexity index is 881. The molecule has 0 N–H and O–H groups in total. The molecule has 0 radical (unpaired) electrons. The molecule has 0 bridgehead atoms. The lowest BCUT2D eigenvalue weighted by Crippen LogP contribution is -2.25. The van der Waals surface area contributed by atoms with E-state index in [-0.39, 0.29) is 13.2 Å². The second kappa shape index (κ2) is 17.1. The first-order valence-corrected chi connectivity index (χ1v) is 19.4. The highest BCUT2D eigenvalue weighted by Crippen LogP contribution is 2.85. The van der Waals surface area contributed by atoms with Crippen molar-refractivity contribution in [3.63, 3.8) is 0 Å². The van der Waals surface area contributed by atoms with Crippen LogP contribution in [0.5, 0.6) is 0 Å². The quantitative estimate of drug-likeness (QED) is 0.0629. The van der Waals surface area contributed by atoms with E-state index < -0.39 is 49.2 Å². The molecule has 0 aromatic carbocycles. The number of hydrogen-bond acceptors (Lipinski definition) is 11. The first-order valence-electron chi connectivity index (χ1n) is 12.3. The van der Waals surface area contributed by atoms with Crippen molar-refractivity contribution in [2.24, 2.45) is 0 Å². The number of phosphoric acid groups is 1. The van der Waals surface area contributed by atoms with Crippen molar-refractivity contribution in [3.05, 3.63) is 0 Å². The fourth-order valence-electron chi connectivity index (χ4n) is 2.77. The maximum absolute atomic E-state index is 14.0. The van der Waals surface area contributed by atoms with Crippen molar-refractivity contribution < 1.29 is 48.5 Å². The zero-order valence-corrected chi connectivity index (χ0v) is 27.7. The van der Waals surface area contributed by atoms with Crippen molar-refractivity contribution in [1.82, 2.24) is 0 Å². The van der Waals surface area contributed by atoms with Gasteiger partial charge < -0.3 is 9.05 Å². The fourth-order valence-corrected chi connectivity index (χ4v) is 12.6. The highest BCUT2D eigenvalue weighted by Gasteiger charge is 2.68. The van der Waals surface area contributed by atoms with Crippen LogP contribution in [-0.2, 0) is 50.2 Å². The van der Waals surface area contributed by atoms with Gasteiger partial charge in [-0.1, -0.05) is 75.6 Å². The summed E-state index contributed by atoms with van der Waals surface area (Å²) in [5, 5.41) is 0. The van der Waals surface area contributed by atoms with E-state index in [1.165, 1.54) is 27.7 Å². The third-order valence-electron chi connectivity index (χ3n) is 4.29. The Morgan fingerprint density at radius 3 is 1.46 bits per heavy atom. The number of unbranched alkanes of at least 4 members (excludes halogenated alkanes) is 6. The summed E-state index contributed by atoms with van der Waals surface area (Å²) in [5.41, 5.74) is 0. The smallest absolute Gasteiger partial charge is 0.303 e. The van der Waals surface area contributed by atoms with E-state index in [4.69, 9.17) is 45.6 Å². The van der Waals surface area contributed by atoms with E-state index in [9.17, 15) is 22.1 Å². The molecule has 0 amide bonds. The van der Waals surface area contributed by atoms with E-state index in [0.717, 1.165) is 38.5 Å². The van der Waals surface area contributed by atoms with Crippen molar-refractivity contribution in [3.8, 4) is 0 Å². The molecule has 0 aliphatic carbocycles. The molecule has 0 heterocycles. The van der Waals surface area contributed by atoms with E-state index in [1.54, 1.807) is 0 Å². The summed E-state index contributed by atoms with van der Waals surface area (Å²) in [7, 11) is -19.9. The minimum absolute atomic E-state index is 0.134. The van der Waals surface area contributed by atoms with Gasteiger partial charge in [-0.3, -0.25) is 18.2 Å². The zero-order chi connectivity index (χ0) is 29.0. The van der Waals surface area contributed by atoms with Gasteiger partial charge in [0.05, 0.1) is 31.7 Å². The normalized spacial score (nSPS) is 15.4. The van der Waals surface area contributed by atoms with E-state index in [1.807, 2.05) is 13.8 Å². The van der Waals surface area contributed by atoms with Gasteiger partial charge in [0.15, 0.2) is 0 Å². The first kappa shape index (κ1) is 38.0. The van der Waals surface area contributed by atoms with E-state index in [0.29, 0.717) is 19.1 Å². The summed E-state index contributed by atoms with van der Waals surface area (Å²) in [6, 6.07) is 0. The summed E-state index contributed by atoms with van der Waals surface area (Å²) in [4.78, 5) is 0. The van der Waals surface area contributed by atoms with Crippen LogP contribution < -0.4 is 0 Å². The average molecular weight is 655 g/mol. The number of phosphoric ester groups is 1. The van der Waals surface area contributed by atoms with Gasteiger partial charge in [0.2, 0.25) is 0 Å². The topological polar surface area (TPSA) is 141 Å². The Balaban J connectivity index is 6.43. The zero-order valence-electron chi connectivity index (χ0n) is 22.7. The third-order valence-corrected chi connectivity index (χ3v) is 15.5. The molecule has 17 heteroatoms. The van der Waals surface area contributed by atoms with Crippen LogP contribution in [0.1, 0.15) is 92.9 Å². The van der Waals surface area contributed by atoms with Crippen molar-refractivity contribution in [1.29, 1.82) is 0 Å². The Morgan fingerprint density at radius 2 is 1.14 bits per heavy atom. The molecule has 0 aromatic heterocycles. The number of alkyl halides is 2. The summed E-state index contributed by atoms with van der Waals surface area (Å²) in [5.74, 6) is 0. The molecule has 0 aromatic rings. The molecule has 0 saturated carbocycles. The molecule has 11 nitrogen and oxygen atoms in total. The molecule has 1 unspecified atom stereocenters. The molecular weight excluding hydrogens is 612 g/mol. The van der Waals surface area contributed by atoms with Crippen molar-refractivity contribution >= 4 is 56.3 Å². The fraction of sp³-hybridized carbons (Fsp3) is 1.00. The molecular formula is C20H43Cl2O11P3S. The van der Waals surface area contributed by atoms with Crippen LogP contribution in [0.2, 0.25) is 0 Å². The second-order valence-corrected chi connectivity index (χ2v) is 19.5. The number of hydrogen-bond donors (Lipinski definition) is 0. The Labute approximate surface area is 232 Å². The lowest BCUT2D eigenvalue weighted by Gasteiger charge is -2.35. The third kappa shape index (κ3) is 13.9. The van der Waals surface area contributed by atoms with Crippen LogP contribution in [-0.4, -0.2) is 43.9 Å². The van der Waals surface area contributed by atoms with Gasteiger partial charge in [0.25, 0.3) is 10.1 Å². The molecule has 37 heavy (non-hydrogen) atoms. The van der Waals surface area contributed by atoms with Gasteiger partial charge in [-0.2, -0.15) is 12.4 Å². The molecule has 0 spiro atoms. The van der Waals surface area contributed by atoms with Crippen LogP contribution in [0, 0.1) is 0 Å². The van der Waals surface area contributed by atoms with Crippen LogP contribution in [0.25, 0.3) is 0 Å².